The number of ether oxygens (including phenoxy) is 3. The van der Waals surface area contributed by atoms with E-state index in [0.29, 0.717) is 32.3 Å². The minimum absolute atomic E-state index is 0.628. The zero-order valence-electron chi connectivity index (χ0n) is 31.3. The first kappa shape index (κ1) is 35.7. The fraction of sp³-hybridized carbons (Fsp3) is 0.381. The molecule has 0 bridgehead atoms. The van der Waals surface area contributed by atoms with Crippen LogP contribution in [0.25, 0.3) is 11.3 Å². The highest BCUT2D eigenvalue weighted by Crippen LogP contribution is 2.39. The minimum atomic E-state index is 0.628. The van der Waals surface area contributed by atoms with Crippen molar-refractivity contribution >= 4 is 23.4 Å². The summed E-state index contributed by atoms with van der Waals surface area (Å²) in [6.45, 7) is 10.3. The smallest absolute Gasteiger partial charge is 0.228 e. The molecule has 3 aliphatic heterocycles. The fourth-order valence-corrected chi connectivity index (χ4v) is 7.45. The summed E-state index contributed by atoms with van der Waals surface area (Å²) in [4.78, 5) is 29.7. The zero-order valence-corrected chi connectivity index (χ0v) is 31.3. The second kappa shape index (κ2) is 16.8. The second-order valence-corrected chi connectivity index (χ2v) is 14.0. The average Bonchev–Trinajstić information content (AvgIpc) is 3.68. The van der Waals surface area contributed by atoms with Gasteiger partial charge < -0.3 is 39.1 Å². The van der Waals surface area contributed by atoms with Crippen molar-refractivity contribution in [3.05, 3.63) is 107 Å². The molecule has 0 atom stereocenters. The van der Waals surface area contributed by atoms with E-state index in [1.165, 1.54) is 11.3 Å². The van der Waals surface area contributed by atoms with Crippen molar-refractivity contribution in [2.75, 3.05) is 94.5 Å². The molecule has 0 unspecified atom stereocenters. The van der Waals surface area contributed by atoms with Crippen LogP contribution in [0, 0.1) is 0 Å². The number of piperazine rings is 1. The lowest BCUT2D eigenvalue weighted by molar-refractivity contribution is 0.122. The Balaban J connectivity index is 1.09. The van der Waals surface area contributed by atoms with Crippen molar-refractivity contribution in [2.45, 2.75) is 25.9 Å². The van der Waals surface area contributed by atoms with Gasteiger partial charge in [-0.3, -0.25) is 0 Å². The van der Waals surface area contributed by atoms with Crippen molar-refractivity contribution in [1.29, 1.82) is 0 Å². The van der Waals surface area contributed by atoms with E-state index in [4.69, 9.17) is 34.1 Å². The van der Waals surface area contributed by atoms with Crippen LogP contribution in [-0.4, -0.2) is 105 Å². The first-order valence-corrected chi connectivity index (χ1v) is 19.0. The molecule has 280 valence electrons. The lowest BCUT2D eigenvalue weighted by atomic mass is 10.1. The number of rotatable bonds is 13. The highest BCUT2D eigenvalue weighted by Gasteiger charge is 2.30. The first-order valence-electron chi connectivity index (χ1n) is 19.0. The van der Waals surface area contributed by atoms with Gasteiger partial charge in [0.15, 0.2) is 0 Å². The summed E-state index contributed by atoms with van der Waals surface area (Å²) < 4.78 is 16.5. The van der Waals surface area contributed by atoms with Gasteiger partial charge in [0.1, 0.15) is 17.3 Å². The number of methoxy groups -OCH3 is 2. The number of anilines is 4. The normalized spacial score (nSPS) is 16.0. The van der Waals surface area contributed by atoms with Crippen molar-refractivity contribution in [2.24, 2.45) is 0 Å². The Bertz CT molecular complexity index is 1930. The van der Waals surface area contributed by atoms with Gasteiger partial charge in [-0.2, -0.15) is 4.98 Å². The zero-order chi connectivity index (χ0) is 36.7. The molecule has 5 aromatic rings. The van der Waals surface area contributed by atoms with E-state index in [2.05, 4.69) is 73.4 Å². The number of hydrogen-bond donors (Lipinski definition) is 1. The third kappa shape index (κ3) is 8.25. The molecule has 0 spiro atoms. The van der Waals surface area contributed by atoms with Gasteiger partial charge in [0.05, 0.1) is 33.1 Å². The molecule has 12 nitrogen and oxygen atoms in total. The summed E-state index contributed by atoms with van der Waals surface area (Å²) in [6, 6.07) is 25.3. The van der Waals surface area contributed by atoms with Gasteiger partial charge >= 0.3 is 0 Å². The van der Waals surface area contributed by atoms with Gasteiger partial charge in [-0.1, -0.05) is 36.4 Å². The fourth-order valence-electron chi connectivity index (χ4n) is 7.45. The molecule has 2 saturated heterocycles. The summed E-state index contributed by atoms with van der Waals surface area (Å²) in [5.74, 6) is 3.98. The Kier molecular flexibility index (Phi) is 11.1. The van der Waals surface area contributed by atoms with E-state index in [-0.39, 0.29) is 0 Å². The van der Waals surface area contributed by atoms with E-state index >= 15 is 0 Å². The molecular formula is C42H49N9O3. The molecule has 0 amide bonds. The van der Waals surface area contributed by atoms with Gasteiger partial charge in [-0.25, -0.2) is 15.0 Å². The molecule has 54 heavy (non-hydrogen) atoms. The third-order valence-electron chi connectivity index (χ3n) is 10.5. The second-order valence-electron chi connectivity index (χ2n) is 14.0. The molecule has 2 fully saturated rings. The summed E-state index contributed by atoms with van der Waals surface area (Å²) in [7, 11) is 3.37. The summed E-state index contributed by atoms with van der Waals surface area (Å²) in [5, 5.41) is 3.46. The van der Waals surface area contributed by atoms with Crippen molar-refractivity contribution < 1.29 is 14.2 Å². The van der Waals surface area contributed by atoms with Crippen LogP contribution in [0.4, 0.5) is 23.4 Å². The van der Waals surface area contributed by atoms with Crippen molar-refractivity contribution in [1.82, 2.24) is 30.2 Å². The van der Waals surface area contributed by atoms with E-state index in [9.17, 15) is 0 Å². The van der Waals surface area contributed by atoms with Crippen LogP contribution < -0.4 is 29.5 Å². The standard InChI is InChI=1S/C42H49N9O3/c1-52-36-10-6-32(7-11-36)29-50(30-33-8-12-37(53-2)13-9-33)41-44-27-34(28-45-41)39-38-15-19-51(40(38)47-42(46-39)49-22-24-54-25-23-49)35-5-3-4-31(26-35)14-18-48-20-16-43-17-21-48/h3-13,26-28,43H,14-25,29-30H2,1-2H3. The van der Waals surface area contributed by atoms with E-state index in [1.807, 2.05) is 36.7 Å². The predicted octanol–water partition coefficient (Wildman–Crippen LogP) is 5.14. The van der Waals surface area contributed by atoms with E-state index < -0.39 is 0 Å². The van der Waals surface area contributed by atoms with Crippen LogP contribution in [0.2, 0.25) is 0 Å². The Hall–Kier alpha value is -5.30. The van der Waals surface area contributed by atoms with Crippen LogP contribution in [0.5, 0.6) is 11.5 Å². The lowest BCUT2D eigenvalue weighted by Crippen LogP contribution is -2.44. The summed E-state index contributed by atoms with van der Waals surface area (Å²) >= 11 is 0. The molecule has 3 aromatic carbocycles. The molecule has 5 heterocycles. The van der Waals surface area contributed by atoms with Crippen LogP contribution in [0.1, 0.15) is 22.3 Å². The van der Waals surface area contributed by atoms with Gasteiger partial charge in [0.25, 0.3) is 0 Å². The number of aromatic nitrogens is 4. The molecular weight excluding hydrogens is 679 g/mol. The van der Waals surface area contributed by atoms with Gasteiger partial charge in [-0.05, 0) is 65.9 Å². The van der Waals surface area contributed by atoms with Crippen molar-refractivity contribution in [3.8, 4) is 22.8 Å². The van der Waals surface area contributed by atoms with Gasteiger partial charge in [0.2, 0.25) is 11.9 Å². The Labute approximate surface area is 317 Å². The maximum absolute atomic E-state index is 5.69. The summed E-state index contributed by atoms with van der Waals surface area (Å²) in [5.41, 5.74) is 7.68. The number of hydrogen-bond acceptors (Lipinski definition) is 12. The number of morpholine rings is 1. The SMILES string of the molecule is COc1ccc(CN(Cc2ccc(OC)cc2)c2ncc(-c3nc(N4CCOCC4)nc4c3CCN4c3cccc(CCN4CCNCC4)c3)cn2)cc1. The minimum Gasteiger partial charge on any atom is -0.497 e. The van der Waals surface area contributed by atoms with E-state index in [0.717, 1.165) is 116 Å². The third-order valence-corrected chi connectivity index (χ3v) is 10.5. The molecule has 0 aliphatic carbocycles. The van der Waals surface area contributed by atoms with Crippen LogP contribution in [0.15, 0.2) is 85.2 Å². The number of benzene rings is 3. The average molecular weight is 728 g/mol. The first-order chi connectivity index (χ1) is 26.6. The number of fused-ring (bicyclic) bond motifs is 1. The number of nitrogens with one attached hydrogen (secondary N) is 1. The topological polar surface area (TPSA) is 104 Å². The molecule has 2 aromatic heterocycles. The maximum atomic E-state index is 5.69. The van der Waals surface area contributed by atoms with Crippen molar-refractivity contribution in [3.63, 3.8) is 0 Å². The molecule has 0 radical (unpaired) electrons. The largest absolute Gasteiger partial charge is 0.497 e. The monoisotopic (exact) mass is 727 g/mol. The molecule has 12 heteroatoms. The highest BCUT2D eigenvalue weighted by molar-refractivity contribution is 5.77. The Morgan fingerprint density at radius 1 is 0.759 bits per heavy atom. The molecule has 0 saturated carbocycles. The Morgan fingerprint density at radius 2 is 1.43 bits per heavy atom. The lowest BCUT2D eigenvalue weighted by Gasteiger charge is -2.29. The summed E-state index contributed by atoms with van der Waals surface area (Å²) in [6.07, 6.45) is 5.70. The number of nitrogens with zero attached hydrogens (tertiary/aromatic N) is 8. The molecule has 3 aliphatic rings. The molecule has 8 rings (SSSR count). The van der Waals surface area contributed by atoms with Crippen LogP contribution in [0.3, 0.4) is 0 Å². The van der Waals surface area contributed by atoms with Crippen LogP contribution in [-0.2, 0) is 30.7 Å². The quantitative estimate of drug-likeness (QED) is 0.174. The van der Waals surface area contributed by atoms with Gasteiger partial charge in [-0.15, -0.1) is 0 Å². The maximum Gasteiger partial charge on any atom is 0.228 e. The van der Waals surface area contributed by atoms with Gasteiger partial charge in [0, 0.05) is 94.7 Å². The predicted molar refractivity (Wildman–Crippen MR) is 212 cm³/mol. The highest BCUT2D eigenvalue weighted by atomic mass is 16.5. The molecule has 1 N–H and O–H groups in total. The Morgan fingerprint density at radius 3 is 2.07 bits per heavy atom. The van der Waals surface area contributed by atoms with E-state index in [1.54, 1.807) is 14.2 Å². The van der Waals surface area contributed by atoms with Crippen LogP contribution >= 0.6 is 0 Å².